The number of halogens is 2. The predicted molar refractivity (Wildman–Crippen MR) is 96.6 cm³/mol. The lowest BCUT2D eigenvalue weighted by Gasteiger charge is -2.11. The number of amides is 1. The van der Waals surface area contributed by atoms with Gasteiger partial charge in [-0.2, -0.15) is 0 Å². The molecule has 0 aliphatic carbocycles. The van der Waals surface area contributed by atoms with Crippen molar-refractivity contribution < 1.29 is 19.1 Å². The van der Waals surface area contributed by atoms with E-state index in [2.05, 4.69) is 5.32 Å². The van der Waals surface area contributed by atoms with E-state index in [1.54, 1.807) is 0 Å². The maximum atomic E-state index is 11.6. The largest absolute Gasteiger partial charge is 0.491 e. The zero-order valence-electron chi connectivity index (χ0n) is 13.3. The number of hydrogen-bond acceptors (Lipinski definition) is 4. The number of carbonyl (C=O) groups excluding carboxylic acids is 2. The van der Waals surface area contributed by atoms with Crippen LogP contribution in [0.15, 0.2) is 42.5 Å². The van der Waals surface area contributed by atoms with Crippen LogP contribution in [0.1, 0.15) is 22.3 Å². The summed E-state index contributed by atoms with van der Waals surface area (Å²) in [6.45, 7) is 0.864. The lowest BCUT2D eigenvalue weighted by atomic mass is 10.2. The van der Waals surface area contributed by atoms with E-state index in [1.807, 2.05) is 30.3 Å². The normalized spacial score (nSPS) is 10.2. The molecule has 132 valence electrons. The van der Waals surface area contributed by atoms with Gasteiger partial charge in [0.05, 0.1) is 17.2 Å². The molecule has 0 aromatic heterocycles. The summed E-state index contributed by atoms with van der Waals surface area (Å²) in [6.07, 6.45) is 0.659. The number of hydrogen-bond donors (Lipinski definition) is 1. The summed E-state index contributed by atoms with van der Waals surface area (Å²) >= 11 is 11.9. The molecule has 0 fully saturated rings. The number of aldehydes is 1. The fraction of sp³-hybridized carbons (Fsp3) is 0.222. The molecule has 7 heteroatoms. The highest BCUT2D eigenvalue weighted by molar-refractivity contribution is 6.36. The molecule has 1 N–H and O–H groups in total. The van der Waals surface area contributed by atoms with E-state index in [1.165, 1.54) is 12.1 Å². The van der Waals surface area contributed by atoms with E-state index in [-0.39, 0.29) is 29.5 Å². The molecule has 0 saturated heterocycles. The van der Waals surface area contributed by atoms with E-state index in [9.17, 15) is 9.59 Å². The molecule has 0 spiro atoms. The monoisotopic (exact) mass is 381 g/mol. The Hall–Kier alpha value is -2.24. The standard InChI is InChI=1S/C18H17Cl2NO4/c19-15-9-14(11-22)17(16(20)10-15)24-8-4-7-21-18(23)25-12-13-5-2-1-3-6-13/h1-3,5-6,9-11H,4,7-8,12H2,(H,21,23). The maximum Gasteiger partial charge on any atom is 0.407 e. The average Bonchev–Trinajstić information content (AvgIpc) is 2.61. The first kappa shape index (κ1) is 19.1. The van der Waals surface area contributed by atoms with Crippen LogP contribution in [0.4, 0.5) is 4.79 Å². The third-order valence-electron chi connectivity index (χ3n) is 3.21. The van der Waals surface area contributed by atoms with E-state index < -0.39 is 6.09 Å². The second-order valence-electron chi connectivity index (χ2n) is 5.11. The van der Waals surface area contributed by atoms with Crippen LogP contribution in [0, 0.1) is 0 Å². The van der Waals surface area contributed by atoms with Crippen molar-refractivity contribution in [3.8, 4) is 5.75 Å². The molecule has 0 heterocycles. The molecule has 2 rings (SSSR count). The van der Waals surface area contributed by atoms with Gasteiger partial charge in [-0.25, -0.2) is 4.79 Å². The number of rotatable bonds is 8. The van der Waals surface area contributed by atoms with Gasteiger partial charge < -0.3 is 14.8 Å². The van der Waals surface area contributed by atoms with E-state index in [0.717, 1.165) is 5.56 Å². The average molecular weight is 382 g/mol. The summed E-state index contributed by atoms with van der Waals surface area (Å²) in [5.74, 6) is 0.285. The molecule has 25 heavy (non-hydrogen) atoms. The third-order valence-corrected chi connectivity index (χ3v) is 3.71. The molecular weight excluding hydrogens is 365 g/mol. The van der Waals surface area contributed by atoms with Crippen LogP contribution in [0.3, 0.4) is 0 Å². The second-order valence-corrected chi connectivity index (χ2v) is 5.96. The van der Waals surface area contributed by atoms with Crippen molar-refractivity contribution in [3.05, 3.63) is 63.6 Å². The number of nitrogens with one attached hydrogen (secondary N) is 1. The van der Waals surface area contributed by atoms with Crippen LogP contribution in [0.2, 0.25) is 10.0 Å². The molecule has 0 unspecified atom stereocenters. The van der Waals surface area contributed by atoms with Gasteiger partial charge in [0, 0.05) is 11.6 Å². The van der Waals surface area contributed by atoms with Gasteiger partial charge in [0.1, 0.15) is 12.4 Å². The number of ether oxygens (including phenoxy) is 2. The van der Waals surface area contributed by atoms with Gasteiger partial charge in [0.15, 0.2) is 6.29 Å². The Kier molecular flexibility index (Phi) is 7.57. The maximum absolute atomic E-state index is 11.6. The molecule has 0 radical (unpaired) electrons. The van der Waals surface area contributed by atoms with Crippen molar-refractivity contribution >= 4 is 35.6 Å². The van der Waals surface area contributed by atoms with Crippen molar-refractivity contribution in [1.29, 1.82) is 0 Å². The first-order valence-electron chi connectivity index (χ1n) is 7.61. The van der Waals surface area contributed by atoms with Gasteiger partial charge in [-0.1, -0.05) is 53.5 Å². The topological polar surface area (TPSA) is 64.6 Å². The second kappa shape index (κ2) is 9.91. The Bertz CT molecular complexity index is 723. The van der Waals surface area contributed by atoms with Crippen molar-refractivity contribution in [2.24, 2.45) is 0 Å². The van der Waals surface area contributed by atoms with Crippen molar-refractivity contribution in [2.75, 3.05) is 13.2 Å². The van der Waals surface area contributed by atoms with Crippen molar-refractivity contribution in [2.45, 2.75) is 13.0 Å². The minimum absolute atomic E-state index is 0.215. The molecule has 0 atom stereocenters. The molecule has 0 aliphatic rings. The van der Waals surface area contributed by atoms with Crippen molar-refractivity contribution in [3.63, 3.8) is 0 Å². The van der Waals surface area contributed by atoms with Crippen LogP contribution < -0.4 is 10.1 Å². The fourth-order valence-electron chi connectivity index (χ4n) is 2.03. The Balaban J connectivity index is 1.68. The zero-order valence-corrected chi connectivity index (χ0v) is 14.8. The van der Waals surface area contributed by atoms with Crippen LogP contribution in [0.5, 0.6) is 5.75 Å². The fourth-order valence-corrected chi connectivity index (χ4v) is 2.59. The third kappa shape index (κ3) is 6.29. The Morgan fingerprint density at radius 1 is 1.16 bits per heavy atom. The summed E-state index contributed by atoms with van der Waals surface area (Å²) in [6, 6.07) is 12.4. The highest BCUT2D eigenvalue weighted by Gasteiger charge is 2.10. The Morgan fingerprint density at radius 2 is 1.92 bits per heavy atom. The summed E-state index contributed by atoms with van der Waals surface area (Å²) in [4.78, 5) is 22.6. The van der Waals surface area contributed by atoms with Gasteiger partial charge in [-0.05, 0) is 24.1 Å². The molecule has 0 aliphatic heterocycles. The van der Waals surface area contributed by atoms with Crippen molar-refractivity contribution in [1.82, 2.24) is 5.32 Å². The lowest BCUT2D eigenvalue weighted by molar-refractivity contribution is 0.111. The molecule has 0 saturated carbocycles. The smallest absolute Gasteiger partial charge is 0.407 e. The SMILES string of the molecule is O=Cc1cc(Cl)cc(Cl)c1OCCCNC(=O)OCc1ccccc1. The summed E-state index contributed by atoms with van der Waals surface area (Å²) in [5.41, 5.74) is 1.20. The molecule has 1 amide bonds. The van der Waals surface area contributed by atoms with Gasteiger partial charge in [-0.15, -0.1) is 0 Å². The molecule has 0 bridgehead atoms. The molecule has 2 aromatic carbocycles. The number of benzene rings is 2. The van der Waals surface area contributed by atoms with Gasteiger partial charge in [0.2, 0.25) is 0 Å². The van der Waals surface area contributed by atoms with E-state index in [4.69, 9.17) is 32.7 Å². The molecule has 5 nitrogen and oxygen atoms in total. The minimum Gasteiger partial charge on any atom is -0.491 e. The van der Waals surface area contributed by atoms with E-state index >= 15 is 0 Å². The highest BCUT2D eigenvalue weighted by Crippen LogP contribution is 2.31. The Labute approximate surface area is 155 Å². The zero-order chi connectivity index (χ0) is 18.1. The van der Waals surface area contributed by atoms with Gasteiger partial charge in [0.25, 0.3) is 0 Å². The molecule has 2 aromatic rings. The first-order chi connectivity index (χ1) is 12.1. The van der Waals surface area contributed by atoms with Gasteiger partial charge >= 0.3 is 6.09 Å². The Morgan fingerprint density at radius 3 is 2.64 bits per heavy atom. The summed E-state index contributed by atoms with van der Waals surface area (Å²) < 4.78 is 10.6. The quantitative estimate of drug-likeness (QED) is 0.539. The first-order valence-corrected chi connectivity index (χ1v) is 8.37. The minimum atomic E-state index is -0.498. The number of alkyl carbamates (subject to hydrolysis) is 1. The van der Waals surface area contributed by atoms with Crippen LogP contribution >= 0.6 is 23.2 Å². The van der Waals surface area contributed by atoms with Crippen LogP contribution in [-0.4, -0.2) is 25.5 Å². The summed E-state index contributed by atoms with van der Waals surface area (Å²) in [7, 11) is 0. The lowest BCUT2D eigenvalue weighted by Crippen LogP contribution is -2.26. The van der Waals surface area contributed by atoms with Gasteiger partial charge in [-0.3, -0.25) is 4.79 Å². The highest BCUT2D eigenvalue weighted by atomic mass is 35.5. The van der Waals surface area contributed by atoms with Crippen LogP contribution in [0.25, 0.3) is 0 Å². The molecular formula is C18H17Cl2NO4. The number of carbonyl (C=O) groups is 2. The van der Waals surface area contributed by atoms with Crippen LogP contribution in [-0.2, 0) is 11.3 Å². The summed E-state index contributed by atoms with van der Waals surface area (Å²) in [5, 5.41) is 3.26. The van der Waals surface area contributed by atoms with E-state index in [0.29, 0.717) is 24.3 Å². The predicted octanol–water partition coefficient (Wildman–Crippen LogP) is 4.50.